The Morgan fingerprint density at radius 3 is 2.28 bits per heavy atom. The monoisotopic (exact) mass is 454 g/mol. The Morgan fingerprint density at radius 1 is 1.03 bits per heavy atom. The molecular weight excluding hydrogens is 428 g/mol. The molecule has 0 unspecified atom stereocenters. The lowest BCUT2D eigenvalue weighted by Gasteiger charge is -2.21. The summed E-state index contributed by atoms with van der Waals surface area (Å²) < 4.78 is 15.7. The van der Waals surface area contributed by atoms with Gasteiger partial charge in [0.25, 0.3) is 5.91 Å². The summed E-state index contributed by atoms with van der Waals surface area (Å²) in [7, 11) is 3.07. The Hall–Kier alpha value is -3.39. The Balaban J connectivity index is 1.98. The van der Waals surface area contributed by atoms with E-state index in [1.807, 2.05) is 30.3 Å². The minimum atomic E-state index is -0.494. The van der Waals surface area contributed by atoms with Crippen LogP contribution in [-0.2, 0) is 11.2 Å². The van der Waals surface area contributed by atoms with Gasteiger partial charge in [0, 0.05) is 23.1 Å². The van der Waals surface area contributed by atoms with Crippen LogP contribution in [0.1, 0.15) is 38.2 Å². The number of amides is 1. The minimum absolute atomic E-state index is 0.229. The third-order valence-corrected chi connectivity index (χ3v) is 5.79. The van der Waals surface area contributed by atoms with Crippen molar-refractivity contribution in [3.8, 4) is 11.5 Å². The second-order valence-electron chi connectivity index (χ2n) is 6.92. The molecule has 0 fully saturated rings. The highest BCUT2D eigenvalue weighted by Gasteiger charge is 2.25. The van der Waals surface area contributed by atoms with E-state index >= 15 is 0 Å². The molecule has 0 bridgehead atoms. The van der Waals surface area contributed by atoms with Crippen LogP contribution in [0.4, 0.5) is 5.13 Å². The highest BCUT2D eigenvalue weighted by molar-refractivity contribution is 7.16. The lowest BCUT2D eigenvalue weighted by Crippen LogP contribution is -2.33. The van der Waals surface area contributed by atoms with Crippen LogP contribution in [0.25, 0.3) is 0 Å². The van der Waals surface area contributed by atoms with E-state index in [0.717, 1.165) is 5.56 Å². The van der Waals surface area contributed by atoms with Gasteiger partial charge in [-0.15, -0.1) is 11.3 Å². The Kier molecular flexibility index (Phi) is 7.83. The lowest BCUT2D eigenvalue weighted by atomic mass is 10.1. The van der Waals surface area contributed by atoms with Gasteiger partial charge in [-0.3, -0.25) is 9.69 Å². The van der Waals surface area contributed by atoms with Gasteiger partial charge in [0.15, 0.2) is 10.8 Å². The number of rotatable bonds is 9. The largest absolute Gasteiger partial charge is 0.497 e. The summed E-state index contributed by atoms with van der Waals surface area (Å²) >= 11 is 1.29. The molecule has 1 heterocycles. The van der Waals surface area contributed by atoms with Gasteiger partial charge in [0.2, 0.25) is 0 Å². The number of methoxy groups -OCH3 is 2. The molecule has 0 radical (unpaired) electrons. The maximum absolute atomic E-state index is 13.6. The first-order valence-corrected chi connectivity index (χ1v) is 11.0. The summed E-state index contributed by atoms with van der Waals surface area (Å²) in [6, 6.07) is 14.9. The van der Waals surface area contributed by atoms with Gasteiger partial charge in [-0.1, -0.05) is 30.3 Å². The fraction of sp³-hybridized carbons (Fsp3) is 0.292. The van der Waals surface area contributed by atoms with E-state index in [1.165, 1.54) is 25.6 Å². The van der Waals surface area contributed by atoms with E-state index in [2.05, 4.69) is 4.98 Å². The van der Waals surface area contributed by atoms with Crippen molar-refractivity contribution in [2.75, 3.05) is 32.3 Å². The molecule has 3 aromatic rings. The average Bonchev–Trinajstić information content (AvgIpc) is 3.20. The summed E-state index contributed by atoms with van der Waals surface area (Å²) in [6.45, 7) is 4.18. The van der Waals surface area contributed by atoms with Crippen molar-refractivity contribution in [3.05, 3.63) is 70.2 Å². The van der Waals surface area contributed by atoms with Gasteiger partial charge < -0.3 is 14.2 Å². The molecule has 0 aliphatic rings. The van der Waals surface area contributed by atoms with E-state index < -0.39 is 5.97 Å². The molecule has 1 aromatic heterocycles. The van der Waals surface area contributed by atoms with Crippen molar-refractivity contribution in [2.24, 2.45) is 0 Å². The summed E-state index contributed by atoms with van der Waals surface area (Å²) in [5.74, 6) is 0.268. The van der Waals surface area contributed by atoms with Gasteiger partial charge in [0.1, 0.15) is 11.5 Å². The number of ether oxygens (including phenoxy) is 3. The van der Waals surface area contributed by atoms with Crippen LogP contribution in [0.3, 0.4) is 0 Å². The van der Waals surface area contributed by atoms with Crippen LogP contribution in [0.15, 0.2) is 48.5 Å². The molecule has 0 aliphatic carbocycles. The van der Waals surface area contributed by atoms with Gasteiger partial charge in [-0.05, 0) is 38.0 Å². The molecule has 0 saturated heterocycles. The molecule has 0 aliphatic heterocycles. The van der Waals surface area contributed by atoms with Crippen LogP contribution in [-0.4, -0.2) is 44.2 Å². The van der Waals surface area contributed by atoms with Crippen LogP contribution >= 0.6 is 11.3 Å². The molecule has 0 atom stereocenters. The highest BCUT2D eigenvalue weighted by Crippen LogP contribution is 2.30. The molecule has 1 amide bonds. The summed E-state index contributed by atoms with van der Waals surface area (Å²) in [5, 5.41) is 0.438. The quantitative estimate of drug-likeness (QED) is 0.442. The molecule has 8 heteroatoms. The third kappa shape index (κ3) is 5.45. The van der Waals surface area contributed by atoms with E-state index in [0.29, 0.717) is 40.0 Å². The standard InChI is InChI=1S/C24H26N2O5S/c1-5-31-23(28)21-16(2)32-24(25-21)26(12-11-17-9-7-6-8-10-17)22(27)18-13-19(29-3)15-20(14-18)30-4/h6-10,13-15H,5,11-12H2,1-4H3. The first-order chi connectivity index (χ1) is 15.5. The molecule has 2 aromatic carbocycles. The van der Waals surface area contributed by atoms with E-state index in [4.69, 9.17) is 14.2 Å². The SMILES string of the molecule is CCOC(=O)c1nc(N(CCc2ccccc2)C(=O)c2cc(OC)cc(OC)c2)sc1C. The number of esters is 1. The Morgan fingerprint density at radius 2 is 1.69 bits per heavy atom. The number of carbonyl (C=O) groups is 2. The van der Waals surface area contributed by atoms with Crippen LogP contribution in [0.5, 0.6) is 11.5 Å². The highest BCUT2D eigenvalue weighted by atomic mass is 32.1. The van der Waals surface area contributed by atoms with Gasteiger partial charge >= 0.3 is 5.97 Å². The zero-order valence-corrected chi connectivity index (χ0v) is 19.4. The van der Waals surface area contributed by atoms with Gasteiger partial charge in [0.05, 0.1) is 20.8 Å². The van der Waals surface area contributed by atoms with Crippen molar-refractivity contribution in [1.82, 2.24) is 4.98 Å². The number of hydrogen-bond acceptors (Lipinski definition) is 7. The van der Waals surface area contributed by atoms with Crippen LogP contribution in [0, 0.1) is 6.92 Å². The van der Waals surface area contributed by atoms with E-state index in [9.17, 15) is 9.59 Å². The predicted octanol–water partition coefficient (Wildman–Crippen LogP) is 4.53. The minimum Gasteiger partial charge on any atom is -0.497 e. The first-order valence-electron chi connectivity index (χ1n) is 10.2. The first kappa shape index (κ1) is 23.3. The summed E-state index contributed by atoms with van der Waals surface area (Å²) in [6.07, 6.45) is 0.626. The zero-order chi connectivity index (χ0) is 23.1. The van der Waals surface area contributed by atoms with Crippen molar-refractivity contribution in [1.29, 1.82) is 0 Å². The number of benzene rings is 2. The van der Waals surface area contributed by atoms with Crippen molar-refractivity contribution < 1.29 is 23.8 Å². The van der Waals surface area contributed by atoms with E-state index in [1.54, 1.807) is 36.9 Å². The molecule has 0 N–H and O–H groups in total. The van der Waals surface area contributed by atoms with Crippen LogP contribution in [0.2, 0.25) is 0 Å². The smallest absolute Gasteiger partial charge is 0.358 e. The molecular formula is C24H26N2O5S. The number of aromatic nitrogens is 1. The summed E-state index contributed by atoms with van der Waals surface area (Å²) in [5.41, 5.74) is 1.72. The molecule has 3 rings (SSSR count). The average molecular weight is 455 g/mol. The summed E-state index contributed by atoms with van der Waals surface area (Å²) in [4.78, 5) is 32.6. The maximum atomic E-state index is 13.6. The van der Waals surface area contributed by atoms with Crippen LogP contribution < -0.4 is 14.4 Å². The normalized spacial score (nSPS) is 10.5. The fourth-order valence-corrected chi connectivity index (χ4v) is 4.06. The fourth-order valence-electron chi connectivity index (χ4n) is 3.14. The number of nitrogens with zero attached hydrogens (tertiary/aromatic N) is 2. The number of hydrogen-bond donors (Lipinski definition) is 0. The number of thiazole rings is 1. The number of anilines is 1. The molecule has 0 spiro atoms. The van der Waals surface area contributed by atoms with Crippen molar-refractivity contribution in [3.63, 3.8) is 0 Å². The van der Waals surface area contributed by atoms with Gasteiger partial charge in [-0.25, -0.2) is 9.78 Å². The third-order valence-electron chi connectivity index (χ3n) is 4.80. The lowest BCUT2D eigenvalue weighted by molar-refractivity contribution is 0.0519. The Labute approximate surface area is 191 Å². The molecule has 168 valence electrons. The molecule has 7 nitrogen and oxygen atoms in total. The zero-order valence-electron chi connectivity index (χ0n) is 18.6. The second-order valence-corrected chi connectivity index (χ2v) is 8.10. The Bertz CT molecular complexity index is 1060. The predicted molar refractivity (Wildman–Crippen MR) is 124 cm³/mol. The van der Waals surface area contributed by atoms with E-state index in [-0.39, 0.29) is 18.2 Å². The topological polar surface area (TPSA) is 78.0 Å². The second kappa shape index (κ2) is 10.8. The maximum Gasteiger partial charge on any atom is 0.358 e. The number of aryl methyl sites for hydroxylation is 1. The van der Waals surface area contributed by atoms with Crippen molar-refractivity contribution >= 4 is 28.3 Å². The van der Waals surface area contributed by atoms with Gasteiger partial charge in [-0.2, -0.15) is 0 Å². The van der Waals surface area contributed by atoms with Crippen molar-refractivity contribution in [2.45, 2.75) is 20.3 Å². The molecule has 32 heavy (non-hydrogen) atoms. The number of carbonyl (C=O) groups excluding carboxylic acids is 2. The molecule has 0 saturated carbocycles.